The van der Waals surface area contributed by atoms with E-state index in [9.17, 15) is 37.5 Å². The largest absolute Gasteiger partial charge is 0.490 e. The molecule has 0 aliphatic carbocycles. The third kappa shape index (κ3) is 10.4. The number of hydrogen-bond donors (Lipinski definition) is 4. The van der Waals surface area contributed by atoms with Crippen molar-refractivity contribution in [2.24, 2.45) is 0 Å². The highest BCUT2D eigenvalue weighted by Gasteiger charge is 2.43. The summed E-state index contributed by atoms with van der Waals surface area (Å²) in [4.78, 5) is 53.2. The molecule has 0 bridgehead atoms. The quantitative estimate of drug-likeness (QED) is 0.159. The number of nitrogens with one attached hydrogen (secondary N) is 3. The van der Waals surface area contributed by atoms with Gasteiger partial charge in [-0.1, -0.05) is 60.7 Å². The standard InChI is InChI=1S/C30H31F3N4O6/c1-19(43-29(42)30(31,32)33)27(37-25(38)11-7-17-35-24-10-5-6-16-34-24)28(41)36-23(18-26(39)40)22-14-12-21(13-15-22)20-8-3-2-4-9-20/h2-6,8-10,12-16,19,23,27H,7,11,17-18H2,1H3,(H,34,35)(H,36,41)(H,37,38)(H,39,40)/t19?,23?,27-/m0/s1. The lowest BCUT2D eigenvalue weighted by atomic mass is 9.98. The number of aromatic nitrogens is 1. The van der Waals surface area contributed by atoms with Crippen molar-refractivity contribution < 1.29 is 42.2 Å². The maximum absolute atomic E-state index is 13.3. The summed E-state index contributed by atoms with van der Waals surface area (Å²) in [6.45, 7) is 1.36. The van der Waals surface area contributed by atoms with E-state index >= 15 is 0 Å². The molecule has 2 aromatic carbocycles. The van der Waals surface area contributed by atoms with Crippen molar-refractivity contribution in [2.45, 2.75) is 50.6 Å². The average Bonchev–Trinajstić information content (AvgIpc) is 2.98. The Hall–Kier alpha value is -4.94. The lowest BCUT2D eigenvalue weighted by Crippen LogP contribution is -2.54. The van der Waals surface area contributed by atoms with Gasteiger partial charge < -0.3 is 25.8 Å². The molecule has 1 aromatic heterocycles. The molecule has 228 valence electrons. The van der Waals surface area contributed by atoms with Crippen LogP contribution in [0.2, 0.25) is 0 Å². The molecule has 2 unspecified atom stereocenters. The number of ether oxygens (including phenoxy) is 1. The summed E-state index contributed by atoms with van der Waals surface area (Å²) in [5.41, 5.74) is 2.15. The Bertz CT molecular complexity index is 1370. The van der Waals surface area contributed by atoms with Crippen LogP contribution in [0.4, 0.5) is 19.0 Å². The maximum Gasteiger partial charge on any atom is 0.490 e. The predicted molar refractivity (Wildman–Crippen MR) is 151 cm³/mol. The summed E-state index contributed by atoms with van der Waals surface area (Å²) < 4.78 is 43.1. The van der Waals surface area contributed by atoms with Crippen LogP contribution in [0.15, 0.2) is 79.0 Å². The van der Waals surface area contributed by atoms with E-state index in [-0.39, 0.29) is 12.8 Å². The number of alkyl halides is 3. The number of carbonyl (C=O) groups excluding carboxylic acids is 3. The first-order valence-corrected chi connectivity index (χ1v) is 13.3. The fraction of sp³-hybridized carbons (Fsp3) is 0.300. The number of rotatable bonds is 14. The Labute approximate surface area is 245 Å². The van der Waals surface area contributed by atoms with Crippen LogP contribution in [-0.4, -0.2) is 58.7 Å². The Balaban J connectivity index is 1.73. The molecular formula is C30H31F3N4O6. The van der Waals surface area contributed by atoms with Crippen molar-refractivity contribution >= 4 is 29.6 Å². The smallest absolute Gasteiger partial charge is 0.481 e. The molecule has 3 rings (SSSR count). The Morgan fingerprint density at radius 3 is 2.16 bits per heavy atom. The van der Waals surface area contributed by atoms with Gasteiger partial charge in [-0.2, -0.15) is 13.2 Å². The number of esters is 1. The number of aliphatic carboxylic acids is 1. The second-order valence-corrected chi connectivity index (χ2v) is 9.55. The molecule has 0 spiro atoms. The van der Waals surface area contributed by atoms with Gasteiger partial charge in [0.25, 0.3) is 0 Å². The summed E-state index contributed by atoms with van der Waals surface area (Å²) in [7, 11) is 0. The number of halogens is 3. The molecule has 4 N–H and O–H groups in total. The van der Waals surface area contributed by atoms with E-state index in [1.165, 1.54) is 0 Å². The maximum atomic E-state index is 13.3. The normalized spacial score (nSPS) is 13.2. The van der Waals surface area contributed by atoms with Crippen LogP contribution >= 0.6 is 0 Å². The topological polar surface area (TPSA) is 147 Å². The Kier molecular flexibility index (Phi) is 11.6. The van der Waals surface area contributed by atoms with Gasteiger partial charge in [-0.15, -0.1) is 0 Å². The molecule has 13 heteroatoms. The fourth-order valence-electron chi connectivity index (χ4n) is 4.10. The third-order valence-electron chi connectivity index (χ3n) is 6.26. The Morgan fingerprint density at radius 2 is 1.56 bits per heavy atom. The van der Waals surface area contributed by atoms with Crippen molar-refractivity contribution in [3.05, 3.63) is 84.6 Å². The van der Waals surface area contributed by atoms with Gasteiger partial charge in [0.1, 0.15) is 18.0 Å². The summed E-state index contributed by atoms with van der Waals surface area (Å²) in [5.74, 6) is -4.94. The van der Waals surface area contributed by atoms with Crippen LogP contribution in [0.5, 0.6) is 0 Å². The van der Waals surface area contributed by atoms with E-state index in [2.05, 4.69) is 25.7 Å². The van der Waals surface area contributed by atoms with Crippen molar-refractivity contribution in [1.29, 1.82) is 0 Å². The highest BCUT2D eigenvalue weighted by Crippen LogP contribution is 2.24. The summed E-state index contributed by atoms with van der Waals surface area (Å²) >= 11 is 0. The third-order valence-corrected chi connectivity index (χ3v) is 6.26. The first kappa shape index (κ1) is 32.6. The van der Waals surface area contributed by atoms with Crippen LogP contribution < -0.4 is 16.0 Å². The van der Waals surface area contributed by atoms with Gasteiger partial charge in [-0.05, 0) is 42.2 Å². The molecule has 10 nitrogen and oxygen atoms in total. The predicted octanol–water partition coefficient (Wildman–Crippen LogP) is 4.25. The number of nitrogens with zero attached hydrogens (tertiary/aromatic N) is 1. The number of carbonyl (C=O) groups is 4. The minimum Gasteiger partial charge on any atom is -0.481 e. The van der Waals surface area contributed by atoms with E-state index in [1.807, 2.05) is 30.3 Å². The van der Waals surface area contributed by atoms with Gasteiger partial charge >= 0.3 is 18.1 Å². The lowest BCUT2D eigenvalue weighted by molar-refractivity contribution is -0.205. The van der Waals surface area contributed by atoms with Crippen LogP contribution in [0.3, 0.4) is 0 Å². The molecule has 0 saturated heterocycles. The second-order valence-electron chi connectivity index (χ2n) is 9.55. The fourth-order valence-corrected chi connectivity index (χ4v) is 4.10. The van der Waals surface area contributed by atoms with Crippen LogP contribution in [0, 0.1) is 0 Å². The molecule has 0 saturated carbocycles. The van der Waals surface area contributed by atoms with Crippen molar-refractivity contribution in [3.8, 4) is 11.1 Å². The zero-order valence-electron chi connectivity index (χ0n) is 23.1. The summed E-state index contributed by atoms with van der Waals surface area (Å²) in [5, 5.41) is 17.3. The van der Waals surface area contributed by atoms with Crippen molar-refractivity contribution in [2.75, 3.05) is 11.9 Å². The Morgan fingerprint density at radius 1 is 0.907 bits per heavy atom. The SMILES string of the molecule is CC(OC(=O)C(F)(F)F)[C@H](NC(=O)CCCNc1ccccn1)C(=O)NC(CC(=O)O)c1ccc(-c2ccccc2)cc1. The van der Waals surface area contributed by atoms with Crippen molar-refractivity contribution in [3.63, 3.8) is 0 Å². The number of carboxylic acids is 1. The molecule has 0 aliphatic rings. The van der Waals surface area contributed by atoms with Gasteiger partial charge in [-0.25, -0.2) is 9.78 Å². The van der Waals surface area contributed by atoms with Gasteiger partial charge in [0.15, 0.2) is 0 Å². The number of benzene rings is 2. The average molecular weight is 601 g/mol. The van der Waals surface area contributed by atoms with Gasteiger partial charge in [0.2, 0.25) is 11.8 Å². The second kappa shape index (κ2) is 15.3. The van der Waals surface area contributed by atoms with E-state index in [0.29, 0.717) is 17.9 Å². The van der Waals surface area contributed by atoms with Gasteiger partial charge in [0, 0.05) is 19.2 Å². The monoisotopic (exact) mass is 600 g/mol. The van der Waals surface area contributed by atoms with Crippen molar-refractivity contribution in [1.82, 2.24) is 15.6 Å². The van der Waals surface area contributed by atoms with Gasteiger partial charge in [0.05, 0.1) is 12.5 Å². The highest BCUT2D eigenvalue weighted by atomic mass is 19.4. The van der Waals surface area contributed by atoms with Gasteiger partial charge in [-0.3, -0.25) is 14.4 Å². The van der Waals surface area contributed by atoms with E-state index in [0.717, 1.165) is 18.1 Å². The lowest BCUT2D eigenvalue weighted by Gasteiger charge is -2.27. The molecule has 0 radical (unpaired) electrons. The number of carboxylic acid groups (broad SMARTS) is 1. The molecule has 2 amide bonds. The zero-order valence-corrected chi connectivity index (χ0v) is 23.1. The number of anilines is 1. The first-order valence-electron chi connectivity index (χ1n) is 13.3. The molecule has 0 aliphatic heterocycles. The minimum atomic E-state index is -5.33. The van der Waals surface area contributed by atoms with Crippen LogP contribution in [0.1, 0.15) is 37.8 Å². The number of pyridine rings is 1. The van der Waals surface area contributed by atoms with E-state index < -0.39 is 54.5 Å². The summed E-state index contributed by atoms with van der Waals surface area (Å²) in [6.07, 6.45) is -5.89. The van der Waals surface area contributed by atoms with E-state index in [1.54, 1.807) is 48.7 Å². The number of amides is 2. The molecular weight excluding hydrogens is 569 g/mol. The minimum absolute atomic E-state index is 0.122. The first-order chi connectivity index (χ1) is 20.4. The molecule has 0 fully saturated rings. The molecule has 3 atom stereocenters. The number of hydrogen-bond acceptors (Lipinski definition) is 7. The van der Waals surface area contributed by atoms with Crippen LogP contribution in [-0.2, 0) is 23.9 Å². The molecule has 3 aromatic rings. The highest BCUT2D eigenvalue weighted by molar-refractivity contribution is 5.89. The zero-order chi connectivity index (χ0) is 31.4. The van der Waals surface area contributed by atoms with E-state index in [4.69, 9.17) is 0 Å². The van der Waals surface area contributed by atoms with Crippen LogP contribution in [0.25, 0.3) is 11.1 Å². The summed E-state index contributed by atoms with van der Waals surface area (Å²) in [6, 6.07) is 18.4. The molecule has 1 heterocycles. The molecule has 43 heavy (non-hydrogen) atoms.